The zero-order chi connectivity index (χ0) is 10.5. The van der Waals surface area contributed by atoms with Crippen molar-refractivity contribution in [1.29, 1.82) is 0 Å². The van der Waals surface area contributed by atoms with Gasteiger partial charge in [-0.1, -0.05) is 30.3 Å². The number of thioether (sulfide) groups is 1. The number of aromatic amines is 1. The summed E-state index contributed by atoms with van der Waals surface area (Å²) in [6, 6.07) is 10.4. The van der Waals surface area contributed by atoms with E-state index in [0.29, 0.717) is 0 Å². The summed E-state index contributed by atoms with van der Waals surface area (Å²) in [7, 11) is 0. The second-order valence-electron chi connectivity index (χ2n) is 3.28. The number of hydrogen-bond acceptors (Lipinski definition) is 3. The normalized spacial score (nSPS) is 10.4. The van der Waals surface area contributed by atoms with Crippen LogP contribution in [0.5, 0.6) is 0 Å². The summed E-state index contributed by atoms with van der Waals surface area (Å²) in [6.07, 6.45) is 1.65. The van der Waals surface area contributed by atoms with Gasteiger partial charge in [-0.15, -0.1) is 0 Å². The number of aromatic nitrogens is 2. The summed E-state index contributed by atoms with van der Waals surface area (Å²) in [5, 5.41) is 6.78. The molecule has 0 saturated heterocycles. The van der Waals surface area contributed by atoms with E-state index in [2.05, 4.69) is 34.5 Å². The molecular formula is C11H13N3S. The molecule has 0 saturated carbocycles. The van der Waals surface area contributed by atoms with Gasteiger partial charge in [-0.25, -0.2) is 0 Å². The van der Waals surface area contributed by atoms with Crippen molar-refractivity contribution >= 4 is 17.4 Å². The van der Waals surface area contributed by atoms with Crippen molar-refractivity contribution in [2.45, 2.75) is 11.5 Å². The van der Waals surface area contributed by atoms with Crippen LogP contribution in [-0.4, -0.2) is 10.2 Å². The van der Waals surface area contributed by atoms with Gasteiger partial charge in [-0.3, -0.25) is 5.10 Å². The minimum absolute atomic E-state index is 0.746. The molecular weight excluding hydrogens is 206 g/mol. The molecule has 2 rings (SSSR count). The molecule has 0 aliphatic rings. The molecule has 0 bridgehead atoms. The third-order valence-electron chi connectivity index (χ3n) is 2.11. The smallest absolute Gasteiger partial charge is 0.0739 e. The topological polar surface area (TPSA) is 54.7 Å². The minimum atomic E-state index is 0.746. The van der Waals surface area contributed by atoms with Crippen LogP contribution in [0.1, 0.15) is 11.3 Å². The van der Waals surface area contributed by atoms with Gasteiger partial charge in [0.15, 0.2) is 0 Å². The Bertz CT molecular complexity index is 411. The van der Waals surface area contributed by atoms with Crippen LogP contribution in [0.15, 0.2) is 36.5 Å². The predicted molar refractivity (Wildman–Crippen MR) is 64.4 cm³/mol. The number of hydrogen-bond donors (Lipinski definition) is 2. The zero-order valence-electron chi connectivity index (χ0n) is 8.31. The van der Waals surface area contributed by atoms with Crippen molar-refractivity contribution < 1.29 is 0 Å². The fraction of sp³-hybridized carbons (Fsp3) is 0.182. The Labute approximate surface area is 93.1 Å². The first-order chi connectivity index (χ1) is 7.36. The van der Waals surface area contributed by atoms with Crippen molar-refractivity contribution in [3.05, 3.63) is 47.8 Å². The number of benzene rings is 1. The van der Waals surface area contributed by atoms with Crippen LogP contribution in [0.3, 0.4) is 0 Å². The Kier molecular flexibility index (Phi) is 3.29. The van der Waals surface area contributed by atoms with Gasteiger partial charge in [0.2, 0.25) is 0 Å². The van der Waals surface area contributed by atoms with Gasteiger partial charge in [-0.2, -0.15) is 16.9 Å². The van der Waals surface area contributed by atoms with E-state index in [4.69, 9.17) is 5.73 Å². The van der Waals surface area contributed by atoms with Crippen molar-refractivity contribution in [2.75, 3.05) is 5.73 Å². The van der Waals surface area contributed by atoms with Crippen LogP contribution in [0.2, 0.25) is 0 Å². The molecule has 78 valence electrons. The van der Waals surface area contributed by atoms with Crippen LogP contribution < -0.4 is 5.73 Å². The quantitative estimate of drug-likeness (QED) is 0.830. The largest absolute Gasteiger partial charge is 0.396 e. The van der Waals surface area contributed by atoms with Crippen LogP contribution in [0, 0.1) is 0 Å². The van der Waals surface area contributed by atoms with E-state index in [-0.39, 0.29) is 0 Å². The van der Waals surface area contributed by atoms with Crippen LogP contribution in [0.25, 0.3) is 0 Å². The zero-order valence-corrected chi connectivity index (χ0v) is 9.13. The number of anilines is 1. The molecule has 2 aromatic rings. The van der Waals surface area contributed by atoms with Gasteiger partial charge < -0.3 is 5.73 Å². The third kappa shape index (κ3) is 2.76. The minimum Gasteiger partial charge on any atom is -0.396 e. The molecule has 0 aliphatic carbocycles. The lowest BCUT2D eigenvalue weighted by molar-refractivity contribution is 1.04. The molecule has 0 amide bonds. The van der Waals surface area contributed by atoms with Crippen LogP contribution >= 0.6 is 11.8 Å². The molecule has 0 spiro atoms. The summed E-state index contributed by atoms with van der Waals surface area (Å²) >= 11 is 1.83. The van der Waals surface area contributed by atoms with E-state index >= 15 is 0 Å². The average Bonchev–Trinajstić information content (AvgIpc) is 2.66. The molecule has 1 aromatic heterocycles. The lowest BCUT2D eigenvalue weighted by Crippen LogP contribution is -1.90. The first-order valence-electron chi connectivity index (χ1n) is 4.75. The monoisotopic (exact) mass is 219 g/mol. The first-order valence-corrected chi connectivity index (χ1v) is 5.91. The third-order valence-corrected chi connectivity index (χ3v) is 3.14. The number of nitrogens with one attached hydrogen (secondary N) is 1. The SMILES string of the molecule is Nc1cn[nH]c1CSCc1ccccc1. The fourth-order valence-electron chi connectivity index (χ4n) is 1.28. The number of nitrogen functional groups attached to an aromatic ring is 1. The lowest BCUT2D eigenvalue weighted by atomic mass is 10.2. The maximum absolute atomic E-state index is 5.71. The lowest BCUT2D eigenvalue weighted by Gasteiger charge is -2.00. The van der Waals surface area contributed by atoms with Gasteiger partial charge >= 0.3 is 0 Å². The number of nitrogens with zero attached hydrogens (tertiary/aromatic N) is 1. The summed E-state index contributed by atoms with van der Waals surface area (Å²) in [4.78, 5) is 0. The molecule has 1 aromatic carbocycles. The average molecular weight is 219 g/mol. The van der Waals surface area contributed by atoms with Gasteiger partial charge in [0.25, 0.3) is 0 Å². The molecule has 0 fully saturated rings. The van der Waals surface area contributed by atoms with Gasteiger partial charge in [0.1, 0.15) is 0 Å². The summed E-state index contributed by atoms with van der Waals surface area (Å²) in [5.74, 6) is 1.88. The Morgan fingerprint density at radius 1 is 1.20 bits per heavy atom. The Morgan fingerprint density at radius 2 is 2.00 bits per heavy atom. The van der Waals surface area contributed by atoms with E-state index in [0.717, 1.165) is 22.9 Å². The van der Waals surface area contributed by atoms with Gasteiger partial charge in [0, 0.05) is 11.5 Å². The molecule has 3 nitrogen and oxygen atoms in total. The number of H-pyrrole nitrogens is 1. The highest BCUT2D eigenvalue weighted by Gasteiger charge is 2.00. The van der Waals surface area contributed by atoms with E-state index < -0.39 is 0 Å². The van der Waals surface area contributed by atoms with E-state index in [1.807, 2.05) is 17.8 Å². The highest BCUT2D eigenvalue weighted by Crippen LogP contribution is 2.19. The van der Waals surface area contributed by atoms with Crippen molar-refractivity contribution in [1.82, 2.24) is 10.2 Å². The fourth-order valence-corrected chi connectivity index (χ4v) is 2.25. The molecule has 0 radical (unpaired) electrons. The van der Waals surface area contributed by atoms with Gasteiger partial charge in [-0.05, 0) is 5.56 Å². The van der Waals surface area contributed by atoms with Crippen molar-refractivity contribution in [2.24, 2.45) is 0 Å². The molecule has 15 heavy (non-hydrogen) atoms. The Hall–Kier alpha value is -1.42. The molecule has 0 unspecified atom stereocenters. The highest BCUT2D eigenvalue weighted by molar-refractivity contribution is 7.97. The van der Waals surface area contributed by atoms with E-state index in [1.165, 1.54) is 5.56 Å². The predicted octanol–water partition coefficient (Wildman–Crippen LogP) is 2.43. The molecule has 0 aliphatic heterocycles. The first kappa shape index (κ1) is 10.1. The molecule has 4 heteroatoms. The van der Waals surface area contributed by atoms with Crippen LogP contribution in [-0.2, 0) is 11.5 Å². The van der Waals surface area contributed by atoms with Crippen LogP contribution in [0.4, 0.5) is 5.69 Å². The Balaban J connectivity index is 1.83. The van der Waals surface area contributed by atoms with E-state index in [1.54, 1.807) is 6.20 Å². The Morgan fingerprint density at radius 3 is 2.67 bits per heavy atom. The standard InChI is InChI=1S/C11H13N3S/c12-10-6-13-14-11(10)8-15-7-9-4-2-1-3-5-9/h1-6H,7-8,12H2,(H,13,14). The van der Waals surface area contributed by atoms with Crippen molar-refractivity contribution in [3.8, 4) is 0 Å². The number of nitrogens with two attached hydrogens (primary N) is 1. The van der Waals surface area contributed by atoms with E-state index in [9.17, 15) is 0 Å². The number of rotatable bonds is 4. The molecule has 1 heterocycles. The maximum atomic E-state index is 5.71. The second kappa shape index (κ2) is 4.89. The van der Waals surface area contributed by atoms with Crippen molar-refractivity contribution in [3.63, 3.8) is 0 Å². The summed E-state index contributed by atoms with van der Waals surface area (Å²) in [6.45, 7) is 0. The molecule has 0 atom stereocenters. The summed E-state index contributed by atoms with van der Waals surface area (Å²) < 4.78 is 0. The molecule has 3 N–H and O–H groups in total. The maximum Gasteiger partial charge on any atom is 0.0739 e. The summed E-state index contributed by atoms with van der Waals surface area (Å²) in [5.41, 5.74) is 8.80. The second-order valence-corrected chi connectivity index (χ2v) is 4.27. The highest BCUT2D eigenvalue weighted by atomic mass is 32.2. The van der Waals surface area contributed by atoms with Gasteiger partial charge in [0.05, 0.1) is 17.6 Å².